The van der Waals surface area contributed by atoms with E-state index in [9.17, 15) is 0 Å². The van der Waals surface area contributed by atoms with Crippen LogP contribution in [-0.4, -0.2) is 24.7 Å². The fourth-order valence-corrected chi connectivity index (χ4v) is 2.54. The third-order valence-corrected chi connectivity index (χ3v) is 3.96. The van der Waals surface area contributed by atoms with Gasteiger partial charge in [0.1, 0.15) is 11.3 Å². The molecule has 0 aliphatic heterocycles. The highest BCUT2D eigenvalue weighted by atomic mass is 16.5. The van der Waals surface area contributed by atoms with E-state index in [1.807, 2.05) is 24.3 Å². The second-order valence-electron chi connectivity index (χ2n) is 6.23. The average Bonchev–Trinajstić information content (AvgIpc) is 3.24. The van der Waals surface area contributed by atoms with Gasteiger partial charge in [0.15, 0.2) is 11.7 Å². The molecule has 2 heterocycles. The number of hydrogen-bond donors (Lipinski definition) is 2. The monoisotopic (exact) mass is 340 g/mol. The third-order valence-electron chi connectivity index (χ3n) is 3.96. The maximum atomic E-state index is 5.81. The number of furan rings is 1. The normalized spacial score (nSPS) is 12.1. The highest BCUT2D eigenvalue weighted by molar-refractivity contribution is 5.79. The summed E-state index contributed by atoms with van der Waals surface area (Å²) in [4.78, 5) is 4.22. The van der Waals surface area contributed by atoms with Gasteiger partial charge >= 0.3 is 0 Å². The number of benzene rings is 1. The second kappa shape index (κ2) is 7.88. The fraction of sp³-hybridized carbons (Fsp3) is 0.368. The highest BCUT2D eigenvalue weighted by Crippen LogP contribution is 2.18. The zero-order valence-electron chi connectivity index (χ0n) is 14.9. The van der Waals surface area contributed by atoms with Gasteiger partial charge < -0.3 is 19.6 Å². The van der Waals surface area contributed by atoms with Crippen molar-refractivity contribution in [3.8, 4) is 0 Å². The lowest BCUT2D eigenvalue weighted by Crippen LogP contribution is -2.37. The molecule has 6 nitrogen and oxygen atoms in total. The number of hydrogen-bond acceptors (Lipinski definition) is 4. The molecule has 0 unspecified atom stereocenters. The SMILES string of the molecule is CN=C(NCCc1cc2ccccc2o1)NCc1cc(C(C)C)no1. The van der Waals surface area contributed by atoms with E-state index in [-0.39, 0.29) is 0 Å². The van der Waals surface area contributed by atoms with Crippen molar-refractivity contribution in [2.75, 3.05) is 13.6 Å². The van der Waals surface area contributed by atoms with Crippen molar-refractivity contribution in [2.24, 2.45) is 4.99 Å². The molecule has 2 N–H and O–H groups in total. The molecule has 2 aromatic heterocycles. The van der Waals surface area contributed by atoms with Crippen molar-refractivity contribution >= 4 is 16.9 Å². The zero-order chi connectivity index (χ0) is 17.6. The van der Waals surface area contributed by atoms with Crippen molar-refractivity contribution in [1.82, 2.24) is 15.8 Å². The standard InChI is InChI=1S/C19H24N4O2/c1-13(2)17-11-16(25-23-17)12-22-19(20-3)21-9-8-15-10-14-6-4-5-7-18(14)24-15/h4-7,10-11,13H,8-9,12H2,1-3H3,(H2,20,21,22). The molecule has 132 valence electrons. The fourth-order valence-electron chi connectivity index (χ4n) is 2.54. The molecule has 0 radical (unpaired) electrons. The molecule has 6 heteroatoms. The predicted molar refractivity (Wildman–Crippen MR) is 98.7 cm³/mol. The molecule has 0 amide bonds. The Kier molecular flexibility index (Phi) is 5.38. The van der Waals surface area contributed by atoms with E-state index in [2.05, 4.69) is 46.8 Å². The summed E-state index contributed by atoms with van der Waals surface area (Å²) < 4.78 is 11.1. The number of nitrogens with zero attached hydrogens (tertiary/aromatic N) is 2. The van der Waals surface area contributed by atoms with Gasteiger partial charge in [-0.3, -0.25) is 4.99 Å². The Labute approximate surface area is 147 Å². The number of rotatable bonds is 6. The number of aliphatic imine (C=N–C) groups is 1. The smallest absolute Gasteiger partial charge is 0.191 e. The van der Waals surface area contributed by atoms with E-state index in [4.69, 9.17) is 8.94 Å². The van der Waals surface area contributed by atoms with Crippen LogP contribution in [0.5, 0.6) is 0 Å². The molecule has 25 heavy (non-hydrogen) atoms. The quantitative estimate of drug-likeness (QED) is 0.531. The van der Waals surface area contributed by atoms with Gasteiger partial charge in [0, 0.05) is 31.5 Å². The van der Waals surface area contributed by atoms with Crippen LogP contribution in [0.25, 0.3) is 11.0 Å². The lowest BCUT2D eigenvalue weighted by Gasteiger charge is -2.09. The van der Waals surface area contributed by atoms with Gasteiger partial charge in [0.05, 0.1) is 12.2 Å². The summed E-state index contributed by atoms with van der Waals surface area (Å²) in [5.74, 6) is 2.84. The van der Waals surface area contributed by atoms with Crippen LogP contribution in [0.15, 0.2) is 50.3 Å². The summed E-state index contributed by atoms with van der Waals surface area (Å²) in [5.41, 5.74) is 1.89. The maximum Gasteiger partial charge on any atom is 0.191 e. The number of fused-ring (bicyclic) bond motifs is 1. The van der Waals surface area contributed by atoms with Gasteiger partial charge in [-0.1, -0.05) is 37.2 Å². The van der Waals surface area contributed by atoms with Gasteiger partial charge in [-0.25, -0.2) is 0 Å². The van der Waals surface area contributed by atoms with Crippen LogP contribution in [-0.2, 0) is 13.0 Å². The second-order valence-corrected chi connectivity index (χ2v) is 6.23. The van der Waals surface area contributed by atoms with Crippen LogP contribution in [0, 0.1) is 0 Å². The molecule has 0 atom stereocenters. The van der Waals surface area contributed by atoms with Gasteiger partial charge in [0.2, 0.25) is 0 Å². The van der Waals surface area contributed by atoms with Crippen molar-refractivity contribution in [3.63, 3.8) is 0 Å². The van der Waals surface area contributed by atoms with E-state index in [0.29, 0.717) is 12.5 Å². The number of guanidine groups is 1. The van der Waals surface area contributed by atoms with Gasteiger partial charge in [0.25, 0.3) is 0 Å². The van der Waals surface area contributed by atoms with Crippen LogP contribution in [0.4, 0.5) is 0 Å². The lowest BCUT2D eigenvalue weighted by molar-refractivity contribution is 0.372. The Morgan fingerprint density at radius 2 is 2.00 bits per heavy atom. The number of nitrogens with one attached hydrogen (secondary N) is 2. The molecule has 3 aromatic rings. The molecule has 0 aliphatic rings. The van der Waals surface area contributed by atoms with E-state index in [1.54, 1.807) is 7.05 Å². The Morgan fingerprint density at radius 1 is 1.16 bits per heavy atom. The predicted octanol–water partition coefficient (Wildman–Crippen LogP) is 3.45. The minimum absolute atomic E-state index is 0.360. The minimum Gasteiger partial charge on any atom is -0.461 e. The largest absolute Gasteiger partial charge is 0.461 e. The first-order valence-electron chi connectivity index (χ1n) is 8.53. The molecule has 0 fully saturated rings. The summed E-state index contributed by atoms with van der Waals surface area (Å²) in [5, 5.41) is 11.7. The summed E-state index contributed by atoms with van der Waals surface area (Å²) in [6.07, 6.45) is 0.787. The summed E-state index contributed by atoms with van der Waals surface area (Å²) in [6, 6.07) is 12.1. The summed E-state index contributed by atoms with van der Waals surface area (Å²) >= 11 is 0. The Hall–Kier alpha value is -2.76. The summed E-state index contributed by atoms with van der Waals surface area (Å²) in [6.45, 7) is 5.46. The first-order chi connectivity index (χ1) is 12.2. The van der Waals surface area contributed by atoms with E-state index < -0.39 is 0 Å². The van der Waals surface area contributed by atoms with Gasteiger partial charge in [-0.15, -0.1) is 0 Å². The van der Waals surface area contributed by atoms with Crippen molar-refractivity contribution < 1.29 is 8.94 Å². The molecular weight excluding hydrogens is 316 g/mol. The lowest BCUT2D eigenvalue weighted by atomic mass is 10.1. The molecule has 0 saturated heterocycles. The van der Waals surface area contributed by atoms with E-state index in [1.165, 1.54) is 0 Å². The molecule has 0 aliphatic carbocycles. The molecular formula is C19H24N4O2. The highest BCUT2D eigenvalue weighted by Gasteiger charge is 2.08. The zero-order valence-corrected chi connectivity index (χ0v) is 14.9. The van der Waals surface area contributed by atoms with Gasteiger partial charge in [-0.2, -0.15) is 0 Å². The number of para-hydroxylation sites is 1. The van der Waals surface area contributed by atoms with Crippen LogP contribution < -0.4 is 10.6 Å². The van der Waals surface area contributed by atoms with Crippen molar-refractivity contribution in [2.45, 2.75) is 32.7 Å². The molecule has 0 bridgehead atoms. The van der Waals surface area contributed by atoms with Crippen molar-refractivity contribution in [1.29, 1.82) is 0 Å². The van der Waals surface area contributed by atoms with Crippen LogP contribution >= 0.6 is 0 Å². The van der Waals surface area contributed by atoms with Crippen LogP contribution in [0.2, 0.25) is 0 Å². The summed E-state index contributed by atoms with van der Waals surface area (Å²) in [7, 11) is 1.75. The third kappa shape index (κ3) is 4.41. The van der Waals surface area contributed by atoms with Gasteiger partial charge in [-0.05, 0) is 18.1 Å². The number of aromatic nitrogens is 1. The van der Waals surface area contributed by atoms with E-state index in [0.717, 1.165) is 47.1 Å². The molecule has 0 spiro atoms. The Balaban J connectivity index is 1.47. The topological polar surface area (TPSA) is 75.6 Å². The Morgan fingerprint density at radius 3 is 2.72 bits per heavy atom. The van der Waals surface area contributed by atoms with Crippen LogP contribution in [0.1, 0.15) is 37.0 Å². The minimum atomic E-state index is 0.360. The van der Waals surface area contributed by atoms with E-state index >= 15 is 0 Å². The molecule has 3 rings (SSSR count). The van der Waals surface area contributed by atoms with Crippen LogP contribution in [0.3, 0.4) is 0 Å². The average molecular weight is 340 g/mol. The Bertz CT molecular complexity index is 815. The maximum absolute atomic E-state index is 5.81. The first kappa shape index (κ1) is 17.1. The van der Waals surface area contributed by atoms with Crippen molar-refractivity contribution in [3.05, 3.63) is 53.6 Å². The molecule has 1 aromatic carbocycles. The molecule has 0 saturated carbocycles. The first-order valence-corrected chi connectivity index (χ1v) is 8.53.